The lowest BCUT2D eigenvalue weighted by atomic mass is 9.84. The second-order valence-electron chi connectivity index (χ2n) is 14.9. The average molecular weight is 758 g/mol. The molecule has 1 atom stereocenters. The number of hydrogen-bond acceptors (Lipinski definition) is 5. The van der Waals surface area contributed by atoms with Crippen molar-refractivity contribution in [2.75, 3.05) is 25.4 Å². The summed E-state index contributed by atoms with van der Waals surface area (Å²) in [7, 11) is 0. The molecule has 0 fully saturated rings. The number of rotatable bonds is 32. The summed E-state index contributed by atoms with van der Waals surface area (Å²) in [5, 5.41) is 10.4. The summed E-state index contributed by atoms with van der Waals surface area (Å²) in [6.07, 6.45) is 21.2. The maximum absolute atomic E-state index is 12.6. The molecule has 0 aliphatic heterocycles. The molecule has 0 aliphatic rings. The van der Waals surface area contributed by atoms with E-state index in [9.17, 15) is 14.7 Å². The summed E-state index contributed by atoms with van der Waals surface area (Å²) in [5.41, 5.74) is 3.79. The van der Waals surface area contributed by atoms with E-state index in [0.29, 0.717) is 19.4 Å². The third-order valence-electron chi connectivity index (χ3n) is 10.6. The summed E-state index contributed by atoms with van der Waals surface area (Å²) < 4.78 is 5.17. The van der Waals surface area contributed by atoms with Crippen molar-refractivity contribution in [3.05, 3.63) is 108 Å². The lowest BCUT2D eigenvalue weighted by Gasteiger charge is -2.35. The lowest BCUT2D eigenvalue weighted by Crippen LogP contribution is -2.42. The van der Waals surface area contributed by atoms with Crippen LogP contribution in [0.25, 0.3) is 0 Å². The van der Waals surface area contributed by atoms with Gasteiger partial charge in [-0.05, 0) is 74.1 Å². The quantitative estimate of drug-likeness (QED) is 0.0389. The summed E-state index contributed by atoms with van der Waals surface area (Å²) in [6.45, 7) is 6.48. The van der Waals surface area contributed by atoms with Crippen molar-refractivity contribution >= 4 is 23.7 Å². The molecule has 0 heterocycles. The Balaban J connectivity index is 1.52. The first-order valence-electron chi connectivity index (χ1n) is 21.5. The van der Waals surface area contributed by atoms with Crippen molar-refractivity contribution in [3.8, 4) is 0 Å². The van der Waals surface area contributed by atoms with Crippen LogP contribution in [0.15, 0.2) is 91.0 Å². The van der Waals surface area contributed by atoms with Crippen LogP contribution in [-0.2, 0) is 19.1 Å². The minimum Gasteiger partial charge on any atom is -0.480 e. The number of nitrogens with zero attached hydrogens (tertiary/aromatic N) is 1. The molecular weight excluding hydrogens is 687 g/mol. The Morgan fingerprint density at radius 1 is 0.593 bits per heavy atom. The summed E-state index contributed by atoms with van der Waals surface area (Å²) >= 11 is 1.98. The van der Waals surface area contributed by atoms with Gasteiger partial charge in [0.05, 0.1) is 11.4 Å². The number of carboxylic acid groups (broad SMARTS) is 1. The smallest absolute Gasteiger partial charge is 0.320 e. The van der Waals surface area contributed by atoms with Crippen LogP contribution < -0.4 is 0 Å². The predicted octanol–water partition coefficient (Wildman–Crippen LogP) is 12.9. The summed E-state index contributed by atoms with van der Waals surface area (Å²) in [6, 6.07) is 32.0. The fourth-order valence-corrected chi connectivity index (χ4v) is 9.06. The molecule has 3 aromatic carbocycles. The van der Waals surface area contributed by atoms with Crippen molar-refractivity contribution in [1.82, 2.24) is 4.90 Å². The number of aliphatic carboxylic acids is 1. The van der Waals surface area contributed by atoms with E-state index in [1.807, 2.05) is 11.8 Å². The average Bonchev–Trinajstić information content (AvgIpc) is 3.20. The van der Waals surface area contributed by atoms with E-state index < -0.39 is 12.0 Å². The van der Waals surface area contributed by atoms with Crippen molar-refractivity contribution in [3.63, 3.8) is 0 Å². The van der Waals surface area contributed by atoms with E-state index in [1.54, 1.807) is 0 Å². The van der Waals surface area contributed by atoms with Crippen LogP contribution in [0.1, 0.15) is 159 Å². The number of esters is 1. The zero-order valence-corrected chi connectivity index (χ0v) is 34.6. The number of unbranched alkanes of at least 4 members (excludes halogenated alkanes) is 14. The van der Waals surface area contributed by atoms with E-state index >= 15 is 0 Å². The third kappa shape index (κ3) is 16.7. The van der Waals surface area contributed by atoms with Crippen LogP contribution in [0.2, 0.25) is 0 Å². The molecule has 0 bridgehead atoms. The number of ether oxygens (including phenoxy) is 1. The Labute approximate surface area is 333 Å². The second kappa shape index (κ2) is 28.3. The molecule has 0 amide bonds. The molecule has 6 heteroatoms. The first-order valence-corrected chi connectivity index (χ1v) is 22.4. The van der Waals surface area contributed by atoms with Crippen molar-refractivity contribution in [2.45, 2.75) is 153 Å². The highest BCUT2D eigenvalue weighted by atomic mass is 32.2. The standard InChI is InChI=1S/C48H71NO4S/c1-3-5-7-9-10-11-12-13-28-40-53-46(50)37-25-17-26-38-49(45(47(51)52)36-24-8-6-4-2)39-27-29-41-54-48(42-30-18-14-19-31-42,43-32-20-15-21-33-43)44-34-22-16-23-35-44/h14-16,18-23,30-35,45H,3-13,17,24-29,36-41H2,1-2H3,(H,51,52). The van der Waals surface area contributed by atoms with Gasteiger partial charge in [-0.2, -0.15) is 0 Å². The fourth-order valence-electron chi connectivity index (χ4n) is 7.49. The Kier molecular flexibility index (Phi) is 23.8. The number of carbonyl (C=O) groups excluding carboxylic acids is 1. The second-order valence-corrected chi connectivity index (χ2v) is 16.2. The first kappa shape index (κ1) is 45.3. The Morgan fingerprint density at radius 2 is 1.04 bits per heavy atom. The van der Waals surface area contributed by atoms with Gasteiger partial charge >= 0.3 is 11.9 Å². The largest absolute Gasteiger partial charge is 0.480 e. The molecule has 1 N–H and O–H groups in total. The fraction of sp³-hybridized carbons (Fsp3) is 0.583. The molecule has 5 nitrogen and oxygen atoms in total. The predicted molar refractivity (Wildman–Crippen MR) is 229 cm³/mol. The SMILES string of the molecule is CCCCCCCCCCCOC(=O)CCCCCN(CCCCSC(c1ccccc1)(c1ccccc1)c1ccccc1)C(CCCCCC)C(=O)O. The van der Waals surface area contributed by atoms with Crippen molar-refractivity contribution in [2.24, 2.45) is 0 Å². The number of benzene rings is 3. The maximum atomic E-state index is 12.6. The van der Waals surface area contributed by atoms with Gasteiger partial charge in [0.25, 0.3) is 0 Å². The number of carbonyl (C=O) groups is 2. The molecule has 54 heavy (non-hydrogen) atoms. The van der Waals surface area contributed by atoms with Gasteiger partial charge in [-0.1, -0.05) is 188 Å². The highest BCUT2D eigenvalue weighted by Crippen LogP contribution is 2.48. The van der Waals surface area contributed by atoms with Crippen molar-refractivity contribution in [1.29, 1.82) is 0 Å². The molecule has 1 unspecified atom stereocenters. The third-order valence-corrected chi connectivity index (χ3v) is 12.2. The zero-order valence-electron chi connectivity index (χ0n) is 33.7. The van der Waals surface area contributed by atoms with Crippen LogP contribution in [0, 0.1) is 0 Å². The normalized spacial score (nSPS) is 12.2. The molecular formula is C48H71NO4S. The molecule has 0 saturated heterocycles. The first-order chi connectivity index (χ1) is 26.5. The monoisotopic (exact) mass is 758 g/mol. The topological polar surface area (TPSA) is 66.8 Å². The van der Waals surface area contributed by atoms with Crippen LogP contribution in [0.4, 0.5) is 0 Å². The minimum atomic E-state index is -0.711. The molecule has 3 rings (SSSR count). The van der Waals surface area contributed by atoms with Gasteiger partial charge in [-0.25, -0.2) is 0 Å². The molecule has 0 saturated carbocycles. The van der Waals surface area contributed by atoms with Crippen LogP contribution >= 0.6 is 11.8 Å². The van der Waals surface area contributed by atoms with Gasteiger partial charge < -0.3 is 9.84 Å². The minimum absolute atomic E-state index is 0.0964. The Morgan fingerprint density at radius 3 is 1.54 bits per heavy atom. The van der Waals surface area contributed by atoms with Gasteiger partial charge in [-0.3, -0.25) is 14.5 Å². The van der Waals surface area contributed by atoms with E-state index in [1.165, 1.54) is 61.6 Å². The van der Waals surface area contributed by atoms with E-state index in [0.717, 1.165) is 89.5 Å². The zero-order chi connectivity index (χ0) is 38.5. The van der Waals surface area contributed by atoms with Crippen LogP contribution in [0.5, 0.6) is 0 Å². The molecule has 3 aromatic rings. The molecule has 298 valence electrons. The van der Waals surface area contributed by atoms with E-state index in [-0.39, 0.29) is 10.7 Å². The van der Waals surface area contributed by atoms with Gasteiger partial charge in [0, 0.05) is 6.42 Å². The van der Waals surface area contributed by atoms with Gasteiger partial charge in [0.1, 0.15) is 6.04 Å². The van der Waals surface area contributed by atoms with Gasteiger partial charge in [-0.15, -0.1) is 11.8 Å². The molecule has 0 aromatic heterocycles. The molecule has 0 spiro atoms. The van der Waals surface area contributed by atoms with Crippen LogP contribution in [0.3, 0.4) is 0 Å². The molecule has 0 radical (unpaired) electrons. The maximum Gasteiger partial charge on any atom is 0.320 e. The highest BCUT2D eigenvalue weighted by molar-refractivity contribution is 8.00. The van der Waals surface area contributed by atoms with Crippen molar-refractivity contribution < 1.29 is 19.4 Å². The highest BCUT2D eigenvalue weighted by Gasteiger charge is 2.36. The number of carboxylic acids is 1. The Bertz CT molecular complexity index is 1270. The lowest BCUT2D eigenvalue weighted by molar-refractivity contribution is -0.144. The van der Waals surface area contributed by atoms with E-state index in [4.69, 9.17) is 4.74 Å². The summed E-state index contributed by atoms with van der Waals surface area (Å²) in [4.78, 5) is 27.2. The van der Waals surface area contributed by atoms with Gasteiger partial charge in [0.2, 0.25) is 0 Å². The van der Waals surface area contributed by atoms with E-state index in [2.05, 4.69) is 110 Å². The molecule has 0 aliphatic carbocycles. The van der Waals surface area contributed by atoms with Gasteiger partial charge in [0.15, 0.2) is 0 Å². The number of hydrogen-bond donors (Lipinski definition) is 1. The van der Waals surface area contributed by atoms with Crippen LogP contribution in [-0.4, -0.2) is 53.4 Å². The number of thioether (sulfide) groups is 1. The Hall–Kier alpha value is -3.09. The summed E-state index contributed by atoms with van der Waals surface area (Å²) in [5.74, 6) is 0.139.